The molecule has 0 aliphatic heterocycles. The molecule has 57 heavy (non-hydrogen) atoms. The normalized spacial score (nSPS) is 12.6. The summed E-state index contributed by atoms with van der Waals surface area (Å²) in [6.07, 6.45) is 14.0. The van der Waals surface area contributed by atoms with E-state index in [0.29, 0.717) is 18.9 Å². The maximum atomic E-state index is 13.6. The van der Waals surface area contributed by atoms with E-state index in [1.807, 2.05) is 6.07 Å². The third kappa shape index (κ3) is 24.9. The number of alkyl halides is 3. The van der Waals surface area contributed by atoms with Crippen molar-refractivity contribution in [1.82, 2.24) is 25.9 Å². The fraction of sp³-hybridized carbons (Fsp3) is 0.615. The van der Waals surface area contributed by atoms with Gasteiger partial charge in [-0.05, 0) is 24.8 Å². The monoisotopic (exact) mass is 810 g/mol. The van der Waals surface area contributed by atoms with Crippen LogP contribution in [-0.2, 0) is 35.2 Å². The number of carbonyl (C=O) groups is 6. The molecule has 1 aromatic heterocycles. The van der Waals surface area contributed by atoms with Gasteiger partial charge in [0.1, 0.15) is 18.1 Å². The van der Waals surface area contributed by atoms with Gasteiger partial charge in [-0.2, -0.15) is 13.2 Å². The standard InChI is InChI=1S/C37H60N8O5.C2HF3O2/c1-2-3-4-5-6-7-8-9-10-11-12-13-17-20-33(47)43-30(23-24-40-37-41-25-26-42-37)36(50)44-29(21-22-32(38)46)35(49)45-31(34(39)48)27-28-18-15-14-16-19-28;3-2(4,5)1(6)7/h14-16,18-19,25-26,29-31H,2-13,17,20-24,27H2,1H3,(H2,38,46)(H2,39,48)(H,43,47)(H,44,50)(H,45,49)(H2,40,41,42);(H,6,7)/t29-,30-,31-;/m0./s1. The summed E-state index contributed by atoms with van der Waals surface area (Å²) in [7, 11) is 0. The highest BCUT2D eigenvalue weighted by molar-refractivity contribution is 5.94. The van der Waals surface area contributed by atoms with Crippen LogP contribution >= 0.6 is 0 Å². The number of benzene rings is 1. The number of nitrogens with one attached hydrogen (secondary N) is 5. The Bertz CT molecular complexity index is 1460. The molecule has 2 rings (SSSR count). The van der Waals surface area contributed by atoms with Crippen LogP contribution in [0.5, 0.6) is 0 Å². The summed E-state index contributed by atoms with van der Waals surface area (Å²) in [4.78, 5) is 79.6. The number of carboxylic acid groups (broad SMARTS) is 1. The summed E-state index contributed by atoms with van der Waals surface area (Å²) in [6, 6.07) is 5.81. The number of nitrogens with zero attached hydrogens (tertiary/aromatic N) is 1. The number of imidazole rings is 1. The van der Waals surface area contributed by atoms with Crippen LogP contribution in [-0.4, -0.2) is 81.4 Å². The third-order valence-electron chi connectivity index (χ3n) is 8.88. The highest BCUT2D eigenvalue weighted by Gasteiger charge is 2.38. The molecule has 0 aliphatic carbocycles. The number of carbonyl (C=O) groups excluding carboxylic acids is 5. The van der Waals surface area contributed by atoms with Crippen LogP contribution in [0.25, 0.3) is 0 Å². The van der Waals surface area contributed by atoms with Crippen molar-refractivity contribution in [1.29, 1.82) is 0 Å². The molecule has 0 saturated heterocycles. The second kappa shape index (κ2) is 29.1. The number of aromatic nitrogens is 2. The first-order chi connectivity index (χ1) is 27.1. The van der Waals surface area contributed by atoms with Gasteiger partial charge in [0.05, 0.1) is 0 Å². The largest absolute Gasteiger partial charge is 0.490 e. The van der Waals surface area contributed by atoms with Crippen molar-refractivity contribution >= 4 is 41.5 Å². The fourth-order valence-electron chi connectivity index (χ4n) is 5.71. The molecule has 10 N–H and O–H groups in total. The van der Waals surface area contributed by atoms with Crippen LogP contribution in [0.15, 0.2) is 42.7 Å². The number of aromatic amines is 1. The van der Waals surface area contributed by atoms with Crippen molar-refractivity contribution in [2.45, 2.75) is 147 Å². The Morgan fingerprint density at radius 1 is 0.737 bits per heavy atom. The van der Waals surface area contributed by atoms with E-state index >= 15 is 0 Å². The van der Waals surface area contributed by atoms with E-state index in [-0.39, 0.29) is 38.0 Å². The Labute approximate surface area is 332 Å². The zero-order valence-corrected chi connectivity index (χ0v) is 32.8. The third-order valence-corrected chi connectivity index (χ3v) is 8.88. The molecule has 0 spiro atoms. The van der Waals surface area contributed by atoms with Gasteiger partial charge in [-0.15, -0.1) is 0 Å². The molecular formula is C39H61F3N8O7. The Morgan fingerprint density at radius 3 is 1.72 bits per heavy atom. The SMILES string of the molecule is CCCCCCCCCCCCCCCC(=O)N[C@@H](CCNc1ncc[nH]1)C(=O)N[C@@H](CCC(N)=O)C(=O)N[C@@H](Cc1ccccc1)C(N)=O.O=C(O)C(F)(F)F. The van der Waals surface area contributed by atoms with Gasteiger partial charge in [-0.25, -0.2) is 9.78 Å². The molecule has 0 bridgehead atoms. The fourth-order valence-corrected chi connectivity index (χ4v) is 5.71. The van der Waals surface area contributed by atoms with Gasteiger partial charge < -0.3 is 42.8 Å². The predicted octanol–water partition coefficient (Wildman–Crippen LogP) is 4.77. The van der Waals surface area contributed by atoms with Crippen LogP contribution in [0, 0.1) is 0 Å². The number of unbranched alkanes of at least 4 members (excludes halogenated alkanes) is 12. The lowest BCUT2D eigenvalue weighted by molar-refractivity contribution is -0.192. The first kappa shape index (κ1) is 49.9. The van der Waals surface area contributed by atoms with E-state index in [4.69, 9.17) is 21.4 Å². The Kier molecular flexibility index (Phi) is 25.5. The van der Waals surface area contributed by atoms with Crippen LogP contribution in [0.2, 0.25) is 0 Å². The summed E-state index contributed by atoms with van der Waals surface area (Å²) in [5, 5.41) is 18.3. The number of carboxylic acids is 1. The minimum atomic E-state index is -5.08. The van der Waals surface area contributed by atoms with Crippen molar-refractivity contribution in [3.8, 4) is 0 Å². The number of halogens is 3. The minimum Gasteiger partial charge on any atom is -0.475 e. The quantitative estimate of drug-likeness (QED) is 0.0526. The van der Waals surface area contributed by atoms with E-state index in [9.17, 15) is 37.1 Å². The minimum absolute atomic E-state index is 0.103. The molecule has 5 amide bonds. The lowest BCUT2D eigenvalue weighted by Crippen LogP contribution is -2.57. The van der Waals surface area contributed by atoms with E-state index < -0.39 is 53.9 Å². The van der Waals surface area contributed by atoms with Gasteiger partial charge in [-0.1, -0.05) is 114 Å². The number of H-pyrrole nitrogens is 1. The molecule has 320 valence electrons. The molecule has 18 heteroatoms. The van der Waals surface area contributed by atoms with Gasteiger partial charge in [-0.3, -0.25) is 24.0 Å². The summed E-state index contributed by atoms with van der Waals surface area (Å²) >= 11 is 0. The predicted molar refractivity (Wildman–Crippen MR) is 209 cm³/mol. The molecule has 3 atom stereocenters. The second-order valence-electron chi connectivity index (χ2n) is 13.8. The van der Waals surface area contributed by atoms with Gasteiger partial charge in [0.2, 0.25) is 29.5 Å². The molecule has 0 saturated carbocycles. The molecular weight excluding hydrogens is 749 g/mol. The maximum absolute atomic E-state index is 13.6. The van der Waals surface area contributed by atoms with Crippen molar-refractivity contribution < 1.29 is 47.0 Å². The van der Waals surface area contributed by atoms with Gasteiger partial charge >= 0.3 is 12.1 Å². The molecule has 15 nitrogen and oxygen atoms in total. The molecule has 0 aliphatic rings. The summed E-state index contributed by atoms with van der Waals surface area (Å²) in [5.41, 5.74) is 11.7. The number of anilines is 1. The van der Waals surface area contributed by atoms with Gasteiger partial charge in [0.25, 0.3) is 0 Å². The topological polar surface area (TPSA) is 251 Å². The van der Waals surface area contributed by atoms with Crippen molar-refractivity contribution in [2.24, 2.45) is 11.5 Å². The number of amides is 5. The first-order valence-electron chi connectivity index (χ1n) is 19.7. The average Bonchev–Trinajstić information content (AvgIpc) is 3.68. The Hall–Kier alpha value is -5.16. The van der Waals surface area contributed by atoms with Crippen LogP contribution in [0.1, 0.15) is 122 Å². The number of rotatable bonds is 29. The number of primary amides is 2. The zero-order chi connectivity index (χ0) is 42.5. The molecule has 0 fully saturated rings. The zero-order valence-electron chi connectivity index (χ0n) is 32.8. The lowest BCUT2D eigenvalue weighted by atomic mass is 10.0. The van der Waals surface area contributed by atoms with E-state index in [1.165, 1.54) is 57.8 Å². The second-order valence-corrected chi connectivity index (χ2v) is 13.8. The summed E-state index contributed by atoms with van der Waals surface area (Å²) < 4.78 is 31.7. The lowest BCUT2D eigenvalue weighted by Gasteiger charge is -2.25. The van der Waals surface area contributed by atoms with E-state index in [0.717, 1.165) is 24.8 Å². The van der Waals surface area contributed by atoms with Crippen LogP contribution in [0.3, 0.4) is 0 Å². The van der Waals surface area contributed by atoms with Gasteiger partial charge in [0.15, 0.2) is 5.95 Å². The molecule has 0 radical (unpaired) electrons. The molecule has 0 unspecified atom stereocenters. The van der Waals surface area contributed by atoms with Crippen molar-refractivity contribution in [3.05, 3.63) is 48.3 Å². The Balaban J connectivity index is 0.00000211. The van der Waals surface area contributed by atoms with Crippen LogP contribution < -0.4 is 32.7 Å². The van der Waals surface area contributed by atoms with E-state index in [1.54, 1.807) is 36.7 Å². The average molecular weight is 811 g/mol. The van der Waals surface area contributed by atoms with Gasteiger partial charge in [0, 0.05) is 38.2 Å². The maximum Gasteiger partial charge on any atom is 0.490 e. The number of nitrogens with two attached hydrogens (primary N) is 2. The van der Waals surface area contributed by atoms with Crippen molar-refractivity contribution in [3.63, 3.8) is 0 Å². The summed E-state index contributed by atoms with van der Waals surface area (Å²) in [5.74, 6) is -5.20. The van der Waals surface area contributed by atoms with Crippen LogP contribution in [0.4, 0.5) is 19.1 Å². The first-order valence-corrected chi connectivity index (χ1v) is 19.7. The number of aliphatic carboxylic acids is 1. The number of hydrogen-bond donors (Lipinski definition) is 8. The smallest absolute Gasteiger partial charge is 0.475 e. The molecule has 2 aromatic rings. The number of hydrogen-bond acceptors (Lipinski definition) is 8. The Morgan fingerprint density at radius 2 is 1.25 bits per heavy atom. The molecule has 1 aromatic carbocycles. The van der Waals surface area contributed by atoms with E-state index in [2.05, 4.69) is 38.2 Å². The molecule has 1 heterocycles. The summed E-state index contributed by atoms with van der Waals surface area (Å²) in [6.45, 7) is 2.53. The van der Waals surface area contributed by atoms with Crippen molar-refractivity contribution in [2.75, 3.05) is 11.9 Å². The highest BCUT2D eigenvalue weighted by Crippen LogP contribution is 2.14. The highest BCUT2D eigenvalue weighted by atomic mass is 19.4.